The van der Waals surface area contributed by atoms with Crippen molar-refractivity contribution in [1.29, 1.82) is 0 Å². The number of fused-ring (bicyclic) bond motifs is 1. The number of ether oxygens (including phenoxy) is 2. The second kappa shape index (κ2) is 4.35. The monoisotopic (exact) mass is 286 g/mol. The summed E-state index contributed by atoms with van der Waals surface area (Å²) in [6.07, 6.45) is 0. The van der Waals surface area contributed by atoms with Crippen LogP contribution in [0, 0.1) is 0 Å². The lowest BCUT2D eigenvalue weighted by Crippen LogP contribution is -2.25. The van der Waals surface area contributed by atoms with Gasteiger partial charge in [0.15, 0.2) is 6.79 Å². The molecule has 1 heterocycles. The van der Waals surface area contributed by atoms with E-state index < -0.39 is 0 Å². The molecule has 0 saturated heterocycles. The van der Waals surface area contributed by atoms with Crippen molar-refractivity contribution in [3.63, 3.8) is 0 Å². The van der Waals surface area contributed by atoms with E-state index in [4.69, 9.17) is 9.47 Å². The van der Waals surface area contributed by atoms with E-state index in [-0.39, 0.29) is 18.8 Å². The number of aliphatic hydroxyl groups is 1. The molecule has 1 aliphatic heterocycles. The van der Waals surface area contributed by atoms with Crippen LogP contribution in [0.2, 0.25) is 0 Å². The smallest absolute Gasteiger partial charge is 0.189 e. The van der Waals surface area contributed by atoms with E-state index in [1.54, 1.807) is 0 Å². The van der Waals surface area contributed by atoms with Crippen LogP contribution in [0.3, 0.4) is 0 Å². The molecule has 0 atom stereocenters. The van der Waals surface area contributed by atoms with Gasteiger partial charge in [-0.25, -0.2) is 0 Å². The van der Waals surface area contributed by atoms with Crippen LogP contribution in [0.4, 0.5) is 0 Å². The highest BCUT2D eigenvalue weighted by atomic mass is 79.9. The van der Waals surface area contributed by atoms with Crippen LogP contribution in [0.15, 0.2) is 16.6 Å². The molecular formula is C12H15BrO3. The standard InChI is InChI=1S/C12H15BrO3/c1-12(2,6-14)10-4-9(13)3-8-5-15-7-16-11(8)10/h3-4,14H,5-7H2,1-2H3. The van der Waals surface area contributed by atoms with Crippen LogP contribution >= 0.6 is 15.9 Å². The molecule has 1 aromatic carbocycles. The summed E-state index contributed by atoms with van der Waals surface area (Å²) in [5.74, 6) is 0.855. The third kappa shape index (κ3) is 2.10. The van der Waals surface area contributed by atoms with E-state index in [0.717, 1.165) is 21.3 Å². The van der Waals surface area contributed by atoms with E-state index in [1.807, 2.05) is 26.0 Å². The summed E-state index contributed by atoms with van der Waals surface area (Å²) < 4.78 is 11.8. The SMILES string of the molecule is CC(C)(CO)c1cc(Br)cc2c1OCOC2. The Balaban J connectivity index is 2.55. The van der Waals surface area contributed by atoms with Gasteiger partial charge in [0.2, 0.25) is 0 Å². The van der Waals surface area contributed by atoms with Crippen LogP contribution in [0.25, 0.3) is 0 Å². The topological polar surface area (TPSA) is 38.7 Å². The fraction of sp³-hybridized carbons (Fsp3) is 0.500. The van der Waals surface area contributed by atoms with E-state index in [1.165, 1.54) is 0 Å². The molecule has 88 valence electrons. The Morgan fingerprint density at radius 1 is 1.44 bits per heavy atom. The second-order valence-corrected chi connectivity index (χ2v) is 5.51. The molecule has 0 spiro atoms. The van der Waals surface area contributed by atoms with Gasteiger partial charge in [-0.2, -0.15) is 0 Å². The highest BCUT2D eigenvalue weighted by Gasteiger charge is 2.27. The number of benzene rings is 1. The first-order chi connectivity index (χ1) is 7.54. The second-order valence-electron chi connectivity index (χ2n) is 4.59. The van der Waals surface area contributed by atoms with Crippen molar-refractivity contribution in [2.45, 2.75) is 25.9 Å². The largest absolute Gasteiger partial charge is 0.467 e. The van der Waals surface area contributed by atoms with Crippen molar-refractivity contribution >= 4 is 15.9 Å². The van der Waals surface area contributed by atoms with E-state index in [9.17, 15) is 5.11 Å². The van der Waals surface area contributed by atoms with Gasteiger partial charge < -0.3 is 14.6 Å². The Labute approximate surface area is 104 Å². The molecule has 0 saturated carbocycles. The Morgan fingerprint density at radius 3 is 2.88 bits per heavy atom. The van der Waals surface area contributed by atoms with E-state index in [2.05, 4.69) is 15.9 Å². The first kappa shape index (κ1) is 11.9. The molecule has 4 heteroatoms. The summed E-state index contributed by atoms with van der Waals surface area (Å²) in [4.78, 5) is 0. The first-order valence-corrected chi connectivity index (χ1v) is 5.98. The van der Waals surface area contributed by atoms with Gasteiger partial charge in [0.05, 0.1) is 13.2 Å². The summed E-state index contributed by atoms with van der Waals surface area (Å²) in [7, 11) is 0. The zero-order chi connectivity index (χ0) is 11.8. The van der Waals surface area contributed by atoms with Gasteiger partial charge in [-0.3, -0.25) is 0 Å². The Kier molecular flexibility index (Phi) is 3.24. The third-order valence-corrected chi connectivity index (χ3v) is 3.26. The fourth-order valence-corrected chi connectivity index (χ4v) is 2.27. The molecule has 0 bridgehead atoms. The summed E-state index contributed by atoms with van der Waals surface area (Å²) in [5.41, 5.74) is 1.73. The molecular weight excluding hydrogens is 272 g/mol. The Hall–Kier alpha value is -0.580. The minimum atomic E-state index is -0.314. The Bertz CT molecular complexity index is 401. The minimum Gasteiger partial charge on any atom is -0.467 e. The number of aliphatic hydroxyl groups excluding tert-OH is 1. The average Bonchev–Trinajstić information content (AvgIpc) is 2.28. The molecule has 1 aromatic rings. The average molecular weight is 287 g/mol. The van der Waals surface area contributed by atoms with Crippen LogP contribution in [-0.4, -0.2) is 18.5 Å². The summed E-state index contributed by atoms with van der Waals surface area (Å²) in [5, 5.41) is 9.44. The van der Waals surface area contributed by atoms with Crippen molar-refractivity contribution in [2.24, 2.45) is 0 Å². The highest BCUT2D eigenvalue weighted by molar-refractivity contribution is 9.10. The molecule has 0 aliphatic carbocycles. The maximum absolute atomic E-state index is 9.44. The zero-order valence-corrected chi connectivity index (χ0v) is 11.0. The quantitative estimate of drug-likeness (QED) is 0.908. The molecule has 0 aromatic heterocycles. The van der Waals surface area contributed by atoms with E-state index in [0.29, 0.717) is 6.61 Å². The number of rotatable bonds is 2. The van der Waals surface area contributed by atoms with Crippen molar-refractivity contribution in [3.8, 4) is 5.75 Å². The fourth-order valence-electron chi connectivity index (χ4n) is 1.77. The van der Waals surface area contributed by atoms with Gasteiger partial charge in [-0.15, -0.1) is 0 Å². The van der Waals surface area contributed by atoms with Crippen molar-refractivity contribution in [2.75, 3.05) is 13.4 Å². The third-order valence-electron chi connectivity index (χ3n) is 2.80. The summed E-state index contributed by atoms with van der Waals surface area (Å²) in [6.45, 7) is 4.91. The normalized spacial score (nSPS) is 15.5. The highest BCUT2D eigenvalue weighted by Crippen LogP contribution is 2.38. The van der Waals surface area contributed by atoms with Gasteiger partial charge in [0, 0.05) is 21.0 Å². The van der Waals surface area contributed by atoms with Crippen LogP contribution in [-0.2, 0) is 16.8 Å². The van der Waals surface area contributed by atoms with Crippen LogP contribution in [0.5, 0.6) is 5.75 Å². The molecule has 0 amide bonds. The molecule has 16 heavy (non-hydrogen) atoms. The predicted octanol–water partition coefficient (Wildman–Crippen LogP) is 2.59. The van der Waals surface area contributed by atoms with Gasteiger partial charge in [-0.05, 0) is 12.1 Å². The molecule has 0 fully saturated rings. The van der Waals surface area contributed by atoms with Crippen LogP contribution in [0.1, 0.15) is 25.0 Å². The molecule has 1 aliphatic rings. The van der Waals surface area contributed by atoms with Gasteiger partial charge in [-0.1, -0.05) is 29.8 Å². The summed E-state index contributed by atoms with van der Waals surface area (Å²) in [6, 6.07) is 3.99. The van der Waals surface area contributed by atoms with Gasteiger partial charge in [0.25, 0.3) is 0 Å². The first-order valence-electron chi connectivity index (χ1n) is 5.19. The number of hydrogen-bond acceptors (Lipinski definition) is 3. The zero-order valence-electron chi connectivity index (χ0n) is 9.42. The lowest BCUT2D eigenvalue weighted by Gasteiger charge is -2.29. The molecule has 3 nitrogen and oxygen atoms in total. The molecule has 2 rings (SSSR count). The lowest BCUT2D eigenvalue weighted by atomic mass is 9.84. The van der Waals surface area contributed by atoms with Crippen molar-refractivity contribution in [3.05, 3.63) is 27.7 Å². The lowest BCUT2D eigenvalue weighted by molar-refractivity contribution is -0.0180. The molecule has 0 unspecified atom stereocenters. The van der Waals surface area contributed by atoms with Crippen molar-refractivity contribution < 1.29 is 14.6 Å². The number of halogens is 1. The minimum absolute atomic E-state index is 0.0834. The van der Waals surface area contributed by atoms with E-state index >= 15 is 0 Å². The van der Waals surface area contributed by atoms with Crippen LogP contribution < -0.4 is 4.74 Å². The maximum atomic E-state index is 9.44. The van der Waals surface area contributed by atoms with Gasteiger partial charge in [0.1, 0.15) is 5.75 Å². The van der Waals surface area contributed by atoms with Crippen molar-refractivity contribution in [1.82, 2.24) is 0 Å². The van der Waals surface area contributed by atoms with Gasteiger partial charge >= 0.3 is 0 Å². The maximum Gasteiger partial charge on any atom is 0.189 e. The predicted molar refractivity (Wildman–Crippen MR) is 64.5 cm³/mol. The molecule has 0 radical (unpaired) electrons. The Morgan fingerprint density at radius 2 is 2.19 bits per heavy atom. The molecule has 1 N–H and O–H groups in total. The summed E-state index contributed by atoms with van der Waals surface area (Å²) >= 11 is 3.47. The number of hydrogen-bond donors (Lipinski definition) is 1.